The summed E-state index contributed by atoms with van der Waals surface area (Å²) in [6, 6.07) is 0. The normalized spacial score (nSPS) is 17.1. The lowest BCUT2D eigenvalue weighted by Crippen LogP contribution is -2.29. The molecule has 1 fully saturated rings. The zero-order valence-corrected chi connectivity index (χ0v) is 10.6. The summed E-state index contributed by atoms with van der Waals surface area (Å²) in [6.07, 6.45) is 5.79. The SMILES string of the molecule is CCc1nnc2c(N3CCCNCC3)nccn12. The first-order valence-electron chi connectivity index (χ1n) is 6.54. The van der Waals surface area contributed by atoms with Crippen LogP contribution < -0.4 is 10.2 Å². The van der Waals surface area contributed by atoms with E-state index in [9.17, 15) is 0 Å². The fourth-order valence-corrected chi connectivity index (χ4v) is 2.38. The molecule has 0 amide bonds. The van der Waals surface area contributed by atoms with Crippen molar-refractivity contribution < 1.29 is 0 Å². The van der Waals surface area contributed by atoms with Crippen molar-refractivity contribution in [1.29, 1.82) is 0 Å². The van der Waals surface area contributed by atoms with Gasteiger partial charge in [0, 0.05) is 38.4 Å². The molecule has 0 unspecified atom stereocenters. The third-order valence-electron chi connectivity index (χ3n) is 3.33. The minimum absolute atomic E-state index is 0.872. The second kappa shape index (κ2) is 4.89. The van der Waals surface area contributed by atoms with Crippen LogP contribution in [-0.4, -0.2) is 45.8 Å². The quantitative estimate of drug-likeness (QED) is 0.835. The van der Waals surface area contributed by atoms with Gasteiger partial charge in [-0.15, -0.1) is 10.2 Å². The smallest absolute Gasteiger partial charge is 0.203 e. The van der Waals surface area contributed by atoms with Gasteiger partial charge in [-0.2, -0.15) is 0 Å². The van der Waals surface area contributed by atoms with E-state index in [1.807, 2.05) is 16.8 Å². The van der Waals surface area contributed by atoms with Crippen molar-refractivity contribution in [2.45, 2.75) is 19.8 Å². The molecule has 1 aliphatic heterocycles. The van der Waals surface area contributed by atoms with Gasteiger partial charge < -0.3 is 10.2 Å². The molecule has 2 aromatic heterocycles. The Labute approximate surface area is 106 Å². The molecular formula is C12H18N6. The summed E-state index contributed by atoms with van der Waals surface area (Å²) in [5, 5.41) is 11.9. The van der Waals surface area contributed by atoms with E-state index >= 15 is 0 Å². The van der Waals surface area contributed by atoms with Gasteiger partial charge in [-0.05, 0) is 13.0 Å². The number of hydrogen-bond acceptors (Lipinski definition) is 5. The molecule has 96 valence electrons. The molecule has 0 radical (unpaired) electrons. The molecule has 0 aliphatic carbocycles. The van der Waals surface area contributed by atoms with Crippen LogP contribution in [0.5, 0.6) is 0 Å². The van der Waals surface area contributed by atoms with Gasteiger partial charge in [0.05, 0.1) is 0 Å². The summed E-state index contributed by atoms with van der Waals surface area (Å²) in [5.74, 6) is 1.94. The molecule has 1 aliphatic rings. The van der Waals surface area contributed by atoms with Crippen molar-refractivity contribution in [3.8, 4) is 0 Å². The fraction of sp³-hybridized carbons (Fsp3) is 0.583. The number of nitrogens with one attached hydrogen (secondary N) is 1. The van der Waals surface area contributed by atoms with E-state index in [-0.39, 0.29) is 0 Å². The first-order chi connectivity index (χ1) is 8.90. The van der Waals surface area contributed by atoms with Gasteiger partial charge in [0.15, 0.2) is 5.82 Å². The van der Waals surface area contributed by atoms with Crippen molar-refractivity contribution in [3.05, 3.63) is 18.2 Å². The highest BCUT2D eigenvalue weighted by atomic mass is 15.3. The summed E-state index contributed by atoms with van der Waals surface area (Å²) >= 11 is 0. The Bertz CT molecular complexity index is 526. The van der Waals surface area contributed by atoms with Crippen LogP contribution in [0, 0.1) is 0 Å². The van der Waals surface area contributed by atoms with E-state index in [4.69, 9.17) is 0 Å². The molecule has 1 saturated heterocycles. The van der Waals surface area contributed by atoms with Crippen molar-refractivity contribution in [3.63, 3.8) is 0 Å². The molecule has 0 spiro atoms. The largest absolute Gasteiger partial charge is 0.352 e. The lowest BCUT2D eigenvalue weighted by atomic mass is 10.4. The fourth-order valence-electron chi connectivity index (χ4n) is 2.38. The van der Waals surface area contributed by atoms with Crippen LogP contribution in [0.3, 0.4) is 0 Å². The van der Waals surface area contributed by atoms with Crippen molar-refractivity contribution in [2.24, 2.45) is 0 Å². The number of anilines is 1. The Morgan fingerprint density at radius 1 is 1.28 bits per heavy atom. The van der Waals surface area contributed by atoms with E-state index in [1.165, 1.54) is 0 Å². The molecule has 18 heavy (non-hydrogen) atoms. The second-order valence-electron chi connectivity index (χ2n) is 4.50. The number of aryl methyl sites for hydroxylation is 1. The monoisotopic (exact) mass is 246 g/mol. The van der Waals surface area contributed by atoms with Crippen LogP contribution in [0.15, 0.2) is 12.4 Å². The standard InChI is InChI=1S/C12H18N6/c1-2-10-15-16-12-11(14-6-9-18(10)12)17-7-3-4-13-5-8-17/h6,9,13H,2-5,7-8H2,1H3. The average Bonchev–Trinajstić information content (AvgIpc) is 2.65. The highest BCUT2D eigenvalue weighted by Gasteiger charge is 2.16. The molecule has 1 N–H and O–H groups in total. The Kier molecular flexibility index (Phi) is 3.10. The summed E-state index contributed by atoms with van der Waals surface area (Å²) < 4.78 is 2.04. The van der Waals surface area contributed by atoms with Crippen LogP contribution in [0.4, 0.5) is 5.82 Å². The molecule has 3 heterocycles. The molecule has 6 heteroatoms. The van der Waals surface area contributed by atoms with Gasteiger partial charge in [-0.1, -0.05) is 6.92 Å². The number of nitrogens with zero attached hydrogens (tertiary/aromatic N) is 5. The molecule has 0 atom stereocenters. The van der Waals surface area contributed by atoms with Gasteiger partial charge in [0.2, 0.25) is 5.65 Å². The van der Waals surface area contributed by atoms with Gasteiger partial charge in [0.1, 0.15) is 5.82 Å². The maximum atomic E-state index is 4.49. The van der Waals surface area contributed by atoms with E-state index in [1.54, 1.807) is 0 Å². The summed E-state index contributed by atoms with van der Waals surface area (Å²) in [6.45, 7) is 6.16. The predicted octanol–water partition coefficient (Wildman–Crippen LogP) is 0.486. The number of hydrogen-bond donors (Lipinski definition) is 1. The van der Waals surface area contributed by atoms with E-state index in [2.05, 4.69) is 32.3 Å². The van der Waals surface area contributed by atoms with Crippen LogP contribution in [-0.2, 0) is 6.42 Å². The molecule has 0 bridgehead atoms. The van der Waals surface area contributed by atoms with Gasteiger partial charge in [-0.25, -0.2) is 4.98 Å². The molecule has 0 aromatic carbocycles. The molecule has 3 rings (SSSR count). The van der Waals surface area contributed by atoms with Crippen molar-refractivity contribution >= 4 is 11.5 Å². The zero-order chi connectivity index (χ0) is 12.4. The molecule has 6 nitrogen and oxygen atoms in total. The summed E-state index contributed by atoms with van der Waals surface area (Å²) in [4.78, 5) is 6.79. The summed E-state index contributed by atoms with van der Waals surface area (Å²) in [7, 11) is 0. The third kappa shape index (κ3) is 1.92. The van der Waals surface area contributed by atoms with Crippen molar-refractivity contribution in [2.75, 3.05) is 31.1 Å². The lowest BCUT2D eigenvalue weighted by molar-refractivity contribution is 0.724. The number of rotatable bonds is 2. The van der Waals surface area contributed by atoms with Crippen molar-refractivity contribution in [1.82, 2.24) is 24.9 Å². The Morgan fingerprint density at radius 3 is 3.11 bits per heavy atom. The second-order valence-corrected chi connectivity index (χ2v) is 4.50. The van der Waals surface area contributed by atoms with E-state index in [0.29, 0.717) is 0 Å². The Hall–Kier alpha value is -1.69. The molecular weight excluding hydrogens is 228 g/mol. The molecule has 0 saturated carbocycles. The molecule has 2 aromatic rings. The van der Waals surface area contributed by atoms with Crippen LogP contribution in [0.25, 0.3) is 5.65 Å². The first kappa shape index (κ1) is 11.4. The van der Waals surface area contributed by atoms with Crippen LogP contribution >= 0.6 is 0 Å². The van der Waals surface area contributed by atoms with Gasteiger partial charge in [-0.3, -0.25) is 4.40 Å². The zero-order valence-electron chi connectivity index (χ0n) is 10.6. The first-order valence-corrected chi connectivity index (χ1v) is 6.54. The maximum absolute atomic E-state index is 4.49. The van der Waals surface area contributed by atoms with Crippen LogP contribution in [0.1, 0.15) is 19.2 Å². The average molecular weight is 246 g/mol. The Morgan fingerprint density at radius 2 is 2.22 bits per heavy atom. The minimum atomic E-state index is 0.872. The predicted molar refractivity (Wildman–Crippen MR) is 69.9 cm³/mol. The third-order valence-corrected chi connectivity index (χ3v) is 3.33. The van der Waals surface area contributed by atoms with Gasteiger partial charge in [0.25, 0.3) is 0 Å². The Balaban J connectivity index is 2.02. The topological polar surface area (TPSA) is 58.4 Å². The lowest BCUT2D eigenvalue weighted by Gasteiger charge is -2.20. The summed E-state index contributed by atoms with van der Waals surface area (Å²) in [5.41, 5.74) is 0.872. The highest BCUT2D eigenvalue weighted by molar-refractivity contribution is 5.63. The highest BCUT2D eigenvalue weighted by Crippen LogP contribution is 2.18. The van der Waals surface area contributed by atoms with E-state index in [0.717, 1.165) is 56.3 Å². The van der Waals surface area contributed by atoms with E-state index < -0.39 is 0 Å². The van der Waals surface area contributed by atoms with Crippen LogP contribution in [0.2, 0.25) is 0 Å². The minimum Gasteiger partial charge on any atom is -0.352 e. The number of aromatic nitrogens is 4. The van der Waals surface area contributed by atoms with Gasteiger partial charge >= 0.3 is 0 Å². The number of fused-ring (bicyclic) bond motifs is 1. The maximum Gasteiger partial charge on any atom is 0.203 e.